The van der Waals surface area contributed by atoms with Crippen LogP contribution in [-0.4, -0.2) is 32.6 Å². The van der Waals surface area contributed by atoms with Crippen LogP contribution in [0, 0.1) is 0 Å². The van der Waals surface area contributed by atoms with Crippen LogP contribution in [0.5, 0.6) is 0 Å². The largest absolute Gasteiger partial charge is 0.462 e. The number of halogens is 1. The Hall–Kier alpha value is -1.27. The van der Waals surface area contributed by atoms with E-state index in [4.69, 9.17) is 16.3 Å². The number of nitrogens with one attached hydrogen (secondary N) is 1. The second kappa shape index (κ2) is 7.35. The molecule has 0 fully saturated rings. The standard InChI is InChI=1S/C12H16ClNO4S/c1-2-8-18-12(15)10-3-5-11(6-4-10)14-19(16,17)9-7-13/h3-6,14H,2,7-9H2,1H3. The highest BCUT2D eigenvalue weighted by atomic mass is 35.5. The van der Waals surface area contributed by atoms with Crippen molar-refractivity contribution in [2.75, 3.05) is 23.0 Å². The molecule has 0 unspecified atom stereocenters. The van der Waals surface area contributed by atoms with E-state index in [9.17, 15) is 13.2 Å². The average molecular weight is 306 g/mol. The molecule has 0 aromatic heterocycles. The van der Waals surface area contributed by atoms with Crippen molar-refractivity contribution in [3.8, 4) is 0 Å². The predicted molar refractivity (Wildman–Crippen MR) is 75.1 cm³/mol. The first-order valence-corrected chi connectivity index (χ1v) is 8.01. The van der Waals surface area contributed by atoms with Crippen molar-refractivity contribution in [2.45, 2.75) is 13.3 Å². The topological polar surface area (TPSA) is 72.5 Å². The lowest BCUT2D eigenvalue weighted by molar-refractivity contribution is 0.0505. The number of sulfonamides is 1. The minimum atomic E-state index is -3.43. The lowest BCUT2D eigenvalue weighted by atomic mass is 10.2. The predicted octanol–water partition coefficient (Wildman–Crippen LogP) is 2.23. The summed E-state index contributed by atoms with van der Waals surface area (Å²) >= 11 is 5.39. The first-order valence-electron chi connectivity index (χ1n) is 5.82. The van der Waals surface area contributed by atoms with Crippen molar-refractivity contribution >= 4 is 33.3 Å². The summed E-state index contributed by atoms with van der Waals surface area (Å²) in [5, 5.41) is 0. The molecule has 0 spiro atoms. The maximum absolute atomic E-state index is 11.5. The van der Waals surface area contributed by atoms with E-state index < -0.39 is 16.0 Å². The molecule has 1 N–H and O–H groups in total. The van der Waals surface area contributed by atoms with Gasteiger partial charge in [0.2, 0.25) is 10.0 Å². The van der Waals surface area contributed by atoms with Crippen LogP contribution in [0.25, 0.3) is 0 Å². The van der Waals surface area contributed by atoms with Crippen molar-refractivity contribution in [3.63, 3.8) is 0 Å². The van der Waals surface area contributed by atoms with E-state index in [1.54, 1.807) is 0 Å². The average Bonchev–Trinajstić information content (AvgIpc) is 2.36. The number of carbonyl (C=O) groups is 1. The van der Waals surface area contributed by atoms with Gasteiger partial charge in [-0.05, 0) is 30.7 Å². The summed E-state index contributed by atoms with van der Waals surface area (Å²) in [6.45, 7) is 2.27. The first-order chi connectivity index (χ1) is 8.98. The van der Waals surface area contributed by atoms with Gasteiger partial charge >= 0.3 is 5.97 Å². The lowest BCUT2D eigenvalue weighted by Gasteiger charge is -2.07. The second-order valence-electron chi connectivity index (χ2n) is 3.82. The molecule has 0 radical (unpaired) electrons. The molecule has 0 aliphatic carbocycles. The van der Waals surface area contributed by atoms with E-state index in [1.807, 2.05) is 6.92 Å². The maximum atomic E-state index is 11.5. The van der Waals surface area contributed by atoms with Gasteiger partial charge in [0.25, 0.3) is 0 Å². The van der Waals surface area contributed by atoms with E-state index >= 15 is 0 Å². The third-order valence-corrected chi connectivity index (χ3v) is 3.88. The van der Waals surface area contributed by atoms with Crippen LogP contribution in [0.4, 0.5) is 5.69 Å². The molecule has 1 aromatic carbocycles. The minimum Gasteiger partial charge on any atom is -0.462 e. The van der Waals surface area contributed by atoms with Gasteiger partial charge in [0.05, 0.1) is 17.9 Å². The number of esters is 1. The highest BCUT2D eigenvalue weighted by molar-refractivity contribution is 7.92. The summed E-state index contributed by atoms with van der Waals surface area (Å²) in [7, 11) is -3.43. The minimum absolute atomic E-state index is 0.0246. The summed E-state index contributed by atoms with van der Waals surface area (Å²) in [6.07, 6.45) is 0.752. The molecule has 0 bridgehead atoms. The summed E-state index contributed by atoms with van der Waals surface area (Å²) in [4.78, 5) is 11.5. The lowest BCUT2D eigenvalue weighted by Crippen LogP contribution is -2.17. The van der Waals surface area contributed by atoms with Gasteiger partial charge in [-0.1, -0.05) is 6.92 Å². The van der Waals surface area contributed by atoms with E-state index in [0.29, 0.717) is 17.9 Å². The molecule has 19 heavy (non-hydrogen) atoms. The zero-order valence-electron chi connectivity index (χ0n) is 10.6. The van der Waals surface area contributed by atoms with Gasteiger partial charge in [-0.25, -0.2) is 13.2 Å². The Morgan fingerprint density at radius 1 is 1.32 bits per heavy atom. The molecular weight excluding hydrogens is 290 g/mol. The third-order valence-electron chi connectivity index (χ3n) is 2.18. The van der Waals surface area contributed by atoms with Gasteiger partial charge in [0, 0.05) is 11.6 Å². The third kappa shape index (κ3) is 5.48. The Labute approximate surface area is 118 Å². The van der Waals surface area contributed by atoms with E-state index in [1.165, 1.54) is 24.3 Å². The molecule has 0 aliphatic rings. The monoisotopic (exact) mass is 305 g/mol. The summed E-state index contributed by atoms with van der Waals surface area (Å²) in [6, 6.07) is 6.04. The van der Waals surface area contributed by atoms with Crippen LogP contribution in [-0.2, 0) is 14.8 Å². The molecule has 0 atom stereocenters. The van der Waals surface area contributed by atoms with Crippen LogP contribution in [0.15, 0.2) is 24.3 Å². The van der Waals surface area contributed by atoms with E-state index in [0.717, 1.165) is 6.42 Å². The van der Waals surface area contributed by atoms with E-state index in [2.05, 4.69) is 4.72 Å². The van der Waals surface area contributed by atoms with Crippen LogP contribution >= 0.6 is 11.6 Å². The molecule has 5 nitrogen and oxygen atoms in total. The van der Waals surface area contributed by atoms with Crippen LogP contribution in [0.3, 0.4) is 0 Å². The van der Waals surface area contributed by atoms with Crippen molar-refractivity contribution in [1.29, 1.82) is 0 Å². The van der Waals surface area contributed by atoms with Gasteiger partial charge in [0.1, 0.15) is 0 Å². The molecule has 0 saturated heterocycles. The SMILES string of the molecule is CCCOC(=O)c1ccc(NS(=O)(=O)CCCl)cc1. The van der Waals surface area contributed by atoms with Crippen molar-refractivity contribution in [2.24, 2.45) is 0 Å². The Morgan fingerprint density at radius 2 is 1.95 bits per heavy atom. The number of hydrogen-bond acceptors (Lipinski definition) is 4. The molecule has 7 heteroatoms. The van der Waals surface area contributed by atoms with Crippen molar-refractivity contribution in [3.05, 3.63) is 29.8 Å². The molecule has 106 valence electrons. The molecule has 0 aliphatic heterocycles. The fourth-order valence-electron chi connectivity index (χ4n) is 1.28. The van der Waals surface area contributed by atoms with Crippen molar-refractivity contribution in [1.82, 2.24) is 0 Å². The maximum Gasteiger partial charge on any atom is 0.338 e. The zero-order valence-corrected chi connectivity index (χ0v) is 12.1. The van der Waals surface area contributed by atoms with Gasteiger partial charge in [-0.3, -0.25) is 4.72 Å². The smallest absolute Gasteiger partial charge is 0.338 e. The van der Waals surface area contributed by atoms with Crippen LogP contribution < -0.4 is 4.72 Å². The molecule has 0 saturated carbocycles. The zero-order chi connectivity index (χ0) is 14.3. The Balaban J connectivity index is 2.69. The number of carbonyl (C=O) groups excluding carboxylic acids is 1. The molecule has 0 heterocycles. The summed E-state index contributed by atoms with van der Waals surface area (Å²) < 4.78 is 30.3. The molecule has 1 rings (SSSR count). The van der Waals surface area contributed by atoms with Gasteiger partial charge in [-0.15, -0.1) is 11.6 Å². The highest BCUT2D eigenvalue weighted by Crippen LogP contribution is 2.12. The van der Waals surface area contributed by atoms with Gasteiger partial charge in [0.15, 0.2) is 0 Å². The fourth-order valence-corrected chi connectivity index (χ4v) is 2.69. The van der Waals surface area contributed by atoms with Crippen LogP contribution in [0.1, 0.15) is 23.7 Å². The summed E-state index contributed by atoms with van der Waals surface area (Å²) in [5.74, 6) is -0.553. The molecule has 0 amide bonds. The first kappa shape index (κ1) is 15.8. The second-order valence-corrected chi connectivity index (χ2v) is 6.04. The number of rotatable bonds is 7. The van der Waals surface area contributed by atoms with Gasteiger partial charge < -0.3 is 4.74 Å². The number of alkyl halides is 1. The fraction of sp³-hybridized carbons (Fsp3) is 0.417. The Bertz CT molecular complexity index is 513. The number of hydrogen-bond donors (Lipinski definition) is 1. The van der Waals surface area contributed by atoms with Gasteiger partial charge in [-0.2, -0.15) is 0 Å². The summed E-state index contributed by atoms with van der Waals surface area (Å²) in [5.41, 5.74) is 0.769. The Kier molecular flexibility index (Phi) is 6.11. The Morgan fingerprint density at radius 3 is 2.47 bits per heavy atom. The van der Waals surface area contributed by atoms with Crippen LogP contribution in [0.2, 0.25) is 0 Å². The number of anilines is 1. The quantitative estimate of drug-likeness (QED) is 0.619. The van der Waals surface area contributed by atoms with Crippen molar-refractivity contribution < 1.29 is 17.9 Å². The molecular formula is C12H16ClNO4S. The van der Waals surface area contributed by atoms with E-state index in [-0.39, 0.29) is 11.6 Å². The normalized spacial score (nSPS) is 11.1. The molecule has 1 aromatic rings. The number of ether oxygens (including phenoxy) is 1. The highest BCUT2D eigenvalue weighted by Gasteiger charge is 2.10. The number of benzene rings is 1.